The number of ether oxygens (including phenoxy) is 3. The number of rotatable bonds is 7. The van der Waals surface area contributed by atoms with Crippen molar-refractivity contribution in [2.24, 2.45) is 0 Å². The zero-order valence-corrected chi connectivity index (χ0v) is 17.3. The highest BCUT2D eigenvalue weighted by Crippen LogP contribution is 2.27. The second-order valence-electron chi connectivity index (χ2n) is 6.97. The number of hydrogen-bond acceptors (Lipinski definition) is 5. The lowest BCUT2D eigenvalue weighted by Crippen LogP contribution is -2.36. The SMILES string of the molecule is COc1ccc(CNC(=O)N(C)Cc2ccc(N3CCOCC3)cc2)cc1OC. The Hall–Kier alpha value is -2.93. The van der Waals surface area contributed by atoms with Gasteiger partial charge in [0, 0.05) is 38.9 Å². The predicted octanol–water partition coefficient (Wildman–Crippen LogP) is 2.88. The molecule has 2 amide bonds. The summed E-state index contributed by atoms with van der Waals surface area (Å²) in [6, 6.07) is 13.8. The first-order valence-corrected chi connectivity index (χ1v) is 9.72. The van der Waals surface area contributed by atoms with Crippen molar-refractivity contribution in [2.75, 3.05) is 52.5 Å². The van der Waals surface area contributed by atoms with E-state index in [0.29, 0.717) is 24.6 Å². The molecule has 0 unspecified atom stereocenters. The van der Waals surface area contributed by atoms with E-state index >= 15 is 0 Å². The van der Waals surface area contributed by atoms with Gasteiger partial charge in [-0.1, -0.05) is 18.2 Å². The molecule has 2 aromatic carbocycles. The van der Waals surface area contributed by atoms with E-state index in [4.69, 9.17) is 14.2 Å². The smallest absolute Gasteiger partial charge is 0.317 e. The van der Waals surface area contributed by atoms with Gasteiger partial charge in [-0.2, -0.15) is 0 Å². The summed E-state index contributed by atoms with van der Waals surface area (Å²) in [6.07, 6.45) is 0. The lowest BCUT2D eigenvalue weighted by atomic mass is 10.2. The summed E-state index contributed by atoms with van der Waals surface area (Å²) in [5, 5.41) is 2.94. The fraction of sp³-hybridized carbons (Fsp3) is 0.409. The molecule has 156 valence electrons. The first-order valence-electron chi connectivity index (χ1n) is 9.72. The van der Waals surface area contributed by atoms with Crippen LogP contribution in [0.4, 0.5) is 10.5 Å². The van der Waals surface area contributed by atoms with Crippen molar-refractivity contribution in [3.63, 3.8) is 0 Å². The molecule has 7 heteroatoms. The molecule has 0 saturated carbocycles. The van der Waals surface area contributed by atoms with Crippen LogP contribution in [0.15, 0.2) is 42.5 Å². The number of morpholine rings is 1. The van der Waals surface area contributed by atoms with Gasteiger partial charge in [0.25, 0.3) is 0 Å². The molecule has 7 nitrogen and oxygen atoms in total. The number of hydrogen-bond donors (Lipinski definition) is 1. The molecule has 1 heterocycles. The van der Waals surface area contributed by atoms with Crippen LogP contribution < -0.4 is 19.7 Å². The summed E-state index contributed by atoms with van der Waals surface area (Å²) in [5.41, 5.74) is 3.22. The minimum atomic E-state index is -0.128. The monoisotopic (exact) mass is 399 g/mol. The van der Waals surface area contributed by atoms with Crippen molar-refractivity contribution < 1.29 is 19.0 Å². The van der Waals surface area contributed by atoms with E-state index in [2.05, 4.69) is 34.5 Å². The van der Waals surface area contributed by atoms with Crippen LogP contribution >= 0.6 is 0 Å². The summed E-state index contributed by atoms with van der Waals surface area (Å²) < 4.78 is 15.9. The van der Waals surface area contributed by atoms with Crippen molar-refractivity contribution in [3.8, 4) is 11.5 Å². The molecular weight excluding hydrogens is 370 g/mol. The third-order valence-electron chi connectivity index (χ3n) is 4.97. The molecule has 0 radical (unpaired) electrons. The Bertz CT molecular complexity index is 804. The molecule has 0 aromatic heterocycles. The fourth-order valence-corrected chi connectivity index (χ4v) is 3.28. The van der Waals surface area contributed by atoms with Crippen molar-refractivity contribution >= 4 is 11.7 Å². The van der Waals surface area contributed by atoms with E-state index < -0.39 is 0 Å². The Morgan fingerprint density at radius 1 is 1.03 bits per heavy atom. The Kier molecular flexibility index (Phi) is 7.19. The maximum atomic E-state index is 12.4. The maximum absolute atomic E-state index is 12.4. The van der Waals surface area contributed by atoms with Gasteiger partial charge in [0.1, 0.15) is 0 Å². The number of urea groups is 1. The molecule has 0 bridgehead atoms. The zero-order chi connectivity index (χ0) is 20.6. The maximum Gasteiger partial charge on any atom is 0.317 e. The van der Waals surface area contributed by atoms with Gasteiger partial charge < -0.3 is 29.3 Å². The van der Waals surface area contributed by atoms with E-state index in [1.165, 1.54) is 5.69 Å². The molecule has 1 aliphatic heterocycles. The Morgan fingerprint density at radius 3 is 2.34 bits per heavy atom. The molecule has 0 spiro atoms. The zero-order valence-electron chi connectivity index (χ0n) is 17.3. The number of methoxy groups -OCH3 is 2. The summed E-state index contributed by atoms with van der Waals surface area (Å²) in [4.78, 5) is 16.4. The number of nitrogens with zero attached hydrogens (tertiary/aromatic N) is 2. The normalized spacial score (nSPS) is 13.7. The van der Waals surface area contributed by atoms with Crippen LogP contribution in [0.3, 0.4) is 0 Å². The van der Waals surface area contributed by atoms with E-state index in [1.54, 1.807) is 26.2 Å². The summed E-state index contributed by atoms with van der Waals surface area (Å²) >= 11 is 0. The molecule has 1 aliphatic rings. The minimum Gasteiger partial charge on any atom is -0.493 e. The Morgan fingerprint density at radius 2 is 1.69 bits per heavy atom. The van der Waals surface area contributed by atoms with Gasteiger partial charge >= 0.3 is 6.03 Å². The van der Waals surface area contributed by atoms with Gasteiger partial charge in [-0.15, -0.1) is 0 Å². The van der Waals surface area contributed by atoms with E-state index in [1.807, 2.05) is 18.2 Å². The molecule has 1 fully saturated rings. The van der Waals surface area contributed by atoms with Crippen LogP contribution in [0.1, 0.15) is 11.1 Å². The molecule has 1 saturated heterocycles. The first kappa shape index (κ1) is 20.8. The highest BCUT2D eigenvalue weighted by Gasteiger charge is 2.13. The lowest BCUT2D eigenvalue weighted by molar-refractivity contribution is 0.122. The predicted molar refractivity (Wildman–Crippen MR) is 113 cm³/mol. The van der Waals surface area contributed by atoms with Crippen molar-refractivity contribution in [1.82, 2.24) is 10.2 Å². The van der Waals surface area contributed by atoms with Crippen LogP contribution in [-0.4, -0.2) is 58.5 Å². The minimum absolute atomic E-state index is 0.128. The average Bonchev–Trinajstić information content (AvgIpc) is 2.78. The fourth-order valence-electron chi connectivity index (χ4n) is 3.28. The van der Waals surface area contributed by atoms with Crippen LogP contribution in [0, 0.1) is 0 Å². The quantitative estimate of drug-likeness (QED) is 0.776. The average molecular weight is 399 g/mol. The highest BCUT2D eigenvalue weighted by molar-refractivity contribution is 5.73. The number of amides is 2. The number of anilines is 1. The number of carbonyl (C=O) groups is 1. The summed E-state index contributed by atoms with van der Waals surface area (Å²) in [5.74, 6) is 1.31. The molecule has 1 N–H and O–H groups in total. The van der Waals surface area contributed by atoms with Gasteiger partial charge in [0.05, 0.1) is 27.4 Å². The molecule has 29 heavy (non-hydrogen) atoms. The van der Waals surface area contributed by atoms with Crippen LogP contribution in [0.25, 0.3) is 0 Å². The molecule has 2 aromatic rings. The van der Waals surface area contributed by atoms with Gasteiger partial charge in [0.15, 0.2) is 11.5 Å². The third-order valence-corrected chi connectivity index (χ3v) is 4.97. The van der Waals surface area contributed by atoms with Gasteiger partial charge in [-0.05, 0) is 35.4 Å². The van der Waals surface area contributed by atoms with Gasteiger partial charge in [-0.3, -0.25) is 0 Å². The van der Waals surface area contributed by atoms with Crippen molar-refractivity contribution in [3.05, 3.63) is 53.6 Å². The summed E-state index contributed by atoms with van der Waals surface area (Å²) in [7, 11) is 4.99. The van der Waals surface area contributed by atoms with Crippen LogP contribution in [0.5, 0.6) is 11.5 Å². The van der Waals surface area contributed by atoms with Gasteiger partial charge in [0.2, 0.25) is 0 Å². The number of nitrogens with one attached hydrogen (secondary N) is 1. The van der Waals surface area contributed by atoms with Gasteiger partial charge in [-0.25, -0.2) is 4.79 Å². The molecule has 3 rings (SSSR count). The van der Waals surface area contributed by atoms with E-state index in [9.17, 15) is 4.79 Å². The number of benzene rings is 2. The Balaban J connectivity index is 1.51. The molecule has 0 aliphatic carbocycles. The first-order chi connectivity index (χ1) is 14.1. The lowest BCUT2D eigenvalue weighted by Gasteiger charge is -2.29. The molecule has 0 atom stereocenters. The number of carbonyl (C=O) groups excluding carboxylic acids is 1. The second-order valence-corrected chi connectivity index (χ2v) is 6.97. The third kappa shape index (κ3) is 5.54. The Labute approximate surface area is 172 Å². The van der Waals surface area contributed by atoms with Crippen LogP contribution in [-0.2, 0) is 17.8 Å². The largest absolute Gasteiger partial charge is 0.493 e. The molecular formula is C22H29N3O4. The van der Waals surface area contributed by atoms with Crippen molar-refractivity contribution in [2.45, 2.75) is 13.1 Å². The second kappa shape index (κ2) is 10.0. The van der Waals surface area contributed by atoms with Crippen molar-refractivity contribution in [1.29, 1.82) is 0 Å². The van der Waals surface area contributed by atoms with E-state index in [0.717, 1.165) is 37.4 Å². The topological polar surface area (TPSA) is 63.3 Å². The highest BCUT2D eigenvalue weighted by atomic mass is 16.5. The standard InChI is InChI=1S/C22H29N3O4/c1-24(16-17-4-7-19(8-5-17)25-10-12-29-13-11-25)22(26)23-15-18-6-9-20(27-2)21(14-18)28-3/h4-9,14H,10-13,15-16H2,1-3H3,(H,23,26). The summed E-state index contributed by atoms with van der Waals surface area (Å²) in [6.45, 7) is 4.33. The van der Waals surface area contributed by atoms with E-state index in [-0.39, 0.29) is 6.03 Å². The van der Waals surface area contributed by atoms with Crippen LogP contribution in [0.2, 0.25) is 0 Å².